The minimum atomic E-state index is -0.243. The number of ether oxygens (including phenoxy) is 1. The van der Waals surface area contributed by atoms with E-state index in [2.05, 4.69) is 5.32 Å². The van der Waals surface area contributed by atoms with Gasteiger partial charge in [-0.3, -0.25) is 14.4 Å². The second-order valence-electron chi connectivity index (χ2n) is 8.95. The molecule has 1 aromatic rings. The molecule has 2 N–H and O–H groups in total. The van der Waals surface area contributed by atoms with Crippen LogP contribution in [0.4, 0.5) is 0 Å². The predicted octanol–water partition coefficient (Wildman–Crippen LogP) is -0.283. The number of quaternary nitrogens is 1. The fraction of sp³-hybridized carbons (Fsp3) is 0.591. The van der Waals surface area contributed by atoms with E-state index in [0.29, 0.717) is 30.9 Å². The van der Waals surface area contributed by atoms with Crippen molar-refractivity contribution in [2.75, 3.05) is 53.4 Å². The molecule has 2 rings (SSSR count). The van der Waals surface area contributed by atoms with Crippen LogP contribution < -0.4 is 15.0 Å². The molecule has 0 spiro atoms. The van der Waals surface area contributed by atoms with E-state index >= 15 is 0 Å². The topological polar surface area (TPSA) is 83.4 Å². The summed E-state index contributed by atoms with van der Waals surface area (Å²) in [6.07, 6.45) is 0. The second kappa shape index (κ2) is 9.93. The van der Waals surface area contributed by atoms with Gasteiger partial charge in [-0.15, -0.1) is 0 Å². The minimum absolute atomic E-state index is 0.0227. The monoisotopic (exact) mass is 419 g/mol. The summed E-state index contributed by atoms with van der Waals surface area (Å²) in [4.78, 5) is 41.8. The Hall–Kier alpha value is -2.61. The van der Waals surface area contributed by atoms with Crippen molar-refractivity contribution in [3.63, 3.8) is 0 Å². The number of hydrogen-bond donors (Lipinski definition) is 2. The number of benzene rings is 1. The number of likely N-dealkylation sites (N-methyl/N-ethyl adjacent to an activating group) is 1. The first-order chi connectivity index (χ1) is 14.0. The molecular formula is C22H35N4O4+. The largest absolute Gasteiger partial charge is 0.496 e. The zero-order chi connectivity index (χ0) is 22.5. The summed E-state index contributed by atoms with van der Waals surface area (Å²) in [7, 11) is 3.20. The van der Waals surface area contributed by atoms with Gasteiger partial charge in [-0.1, -0.05) is 6.07 Å². The van der Waals surface area contributed by atoms with Gasteiger partial charge in [0.15, 0.2) is 6.54 Å². The zero-order valence-electron chi connectivity index (χ0n) is 19.0. The molecule has 0 unspecified atom stereocenters. The summed E-state index contributed by atoms with van der Waals surface area (Å²) in [5.74, 6) is 0.374. The van der Waals surface area contributed by atoms with Crippen LogP contribution in [-0.4, -0.2) is 86.5 Å². The van der Waals surface area contributed by atoms with Gasteiger partial charge in [-0.05, 0) is 45.4 Å². The molecule has 0 aliphatic carbocycles. The smallest absolute Gasteiger partial charge is 0.275 e. The van der Waals surface area contributed by atoms with Gasteiger partial charge in [0, 0.05) is 18.2 Å². The summed E-state index contributed by atoms with van der Waals surface area (Å²) < 4.78 is 5.28. The number of nitrogens with zero attached hydrogens (tertiary/aromatic N) is 2. The standard InChI is InChI=1S/C22H34N4O4/c1-16-7-8-17(13-18(16)30-6)21(29)24(5)15-20(28)26-11-9-25(10-12-26)14-19(27)23-22(2,3)4/h7-8,13H,9-12,14-15H2,1-6H3,(H,23,27)/p+1. The van der Waals surface area contributed by atoms with Crippen LogP contribution in [0.15, 0.2) is 18.2 Å². The molecule has 1 heterocycles. The summed E-state index contributed by atoms with van der Waals surface area (Å²) in [5.41, 5.74) is 1.20. The molecule has 3 amide bonds. The summed E-state index contributed by atoms with van der Waals surface area (Å²) in [6, 6.07) is 5.27. The highest BCUT2D eigenvalue weighted by Crippen LogP contribution is 2.19. The first-order valence-electron chi connectivity index (χ1n) is 10.3. The van der Waals surface area contributed by atoms with Gasteiger partial charge in [-0.25, -0.2) is 0 Å². The third kappa shape index (κ3) is 6.73. The van der Waals surface area contributed by atoms with E-state index in [4.69, 9.17) is 4.74 Å². The lowest BCUT2D eigenvalue weighted by Gasteiger charge is -2.33. The van der Waals surface area contributed by atoms with Crippen molar-refractivity contribution in [1.82, 2.24) is 15.1 Å². The van der Waals surface area contributed by atoms with Crippen molar-refractivity contribution in [2.24, 2.45) is 0 Å². The molecule has 1 fully saturated rings. The Morgan fingerprint density at radius 2 is 1.83 bits per heavy atom. The summed E-state index contributed by atoms with van der Waals surface area (Å²) in [6.45, 7) is 10.8. The first kappa shape index (κ1) is 23.7. The molecule has 0 saturated carbocycles. The Balaban J connectivity index is 1.84. The van der Waals surface area contributed by atoms with E-state index in [1.54, 1.807) is 31.2 Å². The number of nitrogens with one attached hydrogen (secondary N) is 2. The Labute approximate surface area is 179 Å². The molecule has 166 valence electrons. The number of amides is 3. The van der Waals surface area contributed by atoms with Crippen molar-refractivity contribution in [3.8, 4) is 5.75 Å². The minimum Gasteiger partial charge on any atom is -0.496 e. The second-order valence-corrected chi connectivity index (χ2v) is 8.95. The first-order valence-corrected chi connectivity index (χ1v) is 10.3. The molecule has 8 nitrogen and oxygen atoms in total. The molecule has 1 saturated heterocycles. The number of carbonyl (C=O) groups is 3. The predicted molar refractivity (Wildman–Crippen MR) is 115 cm³/mol. The Morgan fingerprint density at radius 1 is 1.20 bits per heavy atom. The van der Waals surface area contributed by atoms with E-state index in [1.165, 1.54) is 4.90 Å². The highest BCUT2D eigenvalue weighted by Gasteiger charge is 2.27. The average molecular weight is 420 g/mol. The van der Waals surface area contributed by atoms with Gasteiger partial charge in [0.1, 0.15) is 5.75 Å². The lowest BCUT2D eigenvalue weighted by Crippen LogP contribution is -3.16. The molecule has 0 bridgehead atoms. The van der Waals surface area contributed by atoms with Crippen molar-refractivity contribution in [3.05, 3.63) is 29.3 Å². The third-order valence-electron chi connectivity index (χ3n) is 5.12. The fourth-order valence-corrected chi connectivity index (χ4v) is 3.49. The lowest BCUT2D eigenvalue weighted by atomic mass is 10.1. The molecule has 0 radical (unpaired) electrons. The summed E-state index contributed by atoms with van der Waals surface area (Å²) in [5, 5.41) is 2.97. The lowest BCUT2D eigenvalue weighted by molar-refractivity contribution is -0.896. The van der Waals surface area contributed by atoms with E-state index in [-0.39, 0.29) is 29.8 Å². The van der Waals surface area contributed by atoms with Gasteiger partial charge in [0.05, 0.1) is 39.8 Å². The van der Waals surface area contributed by atoms with Crippen LogP contribution in [0.25, 0.3) is 0 Å². The van der Waals surface area contributed by atoms with E-state index < -0.39 is 0 Å². The van der Waals surface area contributed by atoms with Gasteiger partial charge in [0.25, 0.3) is 11.8 Å². The van der Waals surface area contributed by atoms with Crippen LogP contribution in [0.1, 0.15) is 36.7 Å². The maximum atomic E-state index is 12.7. The van der Waals surface area contributed by atoms with Crippen LogP contribution in [0.5, 0.6) is 5.75 Å². The number of carbonyl (C=O) groups excluding carboxylic acids is 3. The van der Waals surface area contributed by atoms with Crippen LogP contribution in [0, 0.1) is 6.92 Å². The highest BCUT2D eigenvalue weighted by molar-refractivity contribution is 5.96. The van der Waals surface area contributed by atoms with Crippen LogP contribution in [-0.2, 0) is 9.59 Å². The molecule has 30 heavy (non-hydrogen) atoms. The molecule has 0 atom stereocenters. The Morgan fingerprint density at radius 3 is 2.40 bits per heavy atom. The van der Waals surface area contributed by atoms with Gasteiger partial charge in [-0.2, -0.15) is 0 Å². The van der Waals surface area contributed by atoms with Crippen molar-refractivity contribution >= 4 is 17.7 Å². The normalized spacial score (nSPS) is 14.9. The van der Waals surface area contributed by atoms with Crippen molar-refractivity contribution in [1.29, 1.82) is 0 Å². The quantitative estimate of drug-likeness (QED) is 0.664. The van der Waals surface area contributed by atoms with Crippen molar-refractivity contribution < 1.29 is 24.0 Å². The third-order valence-corrected chi connectivity index (χ3v) is 5.12. The fourth-order valence-electron chi connectivity index (χ4n) is 3.49. The van der Waals surface area contributed by atoms with E-state index in [1.807, 2.05) is 33.8 Å². The molecule has 1 aliphatic rings. The highest BCUT2D eigenvalue weighted by atomic mass is 16.5. The number of rotatable bonds is 6. The van der Waals surface area contributed by atoms with Crippen LogP contribution >= 0.6 is 0 Å². The Kier molecular flexibility index (Phi) is 7.83. The van der Waals surface area contributed by atoms with Crippen molar-refractivity contribution in [2.45, 2.75) is 33.2 Å². The van der Waals surface area contributed by atoms with E-state index in [9.17, 15) is 14.4 Å². The number of methoxy groups -OCH3 is 1. The van der Waals surface area contributed by atoms with Gasteiger partial charge < -0.3 is 24.8 Å². The number of hydrogen-bond acceptors (Lipinski definition) is 4. The van der Waals surface area contributed by atoms with Gasteiger partial charge in [0.2, 0.25) is 5.91 Å². The molecule has 8 heteroatoms. The number of aryl methyl sites for hydroxylation is 1. The molecular weight excluding hydrogens is 384 g/mol. The Bertz CT molecular complexity index is 780. The number of piperazine rings is 1. The maximum absolute atomic E-state index is 12.7. The van der Waals surface area contributed by atoms with Gasteiger partial charge >= 0.3 is 0 Å². The average Bonchev–Trinajstić information content (AvgIpc) is 2.66. The SMILES string of the molecule is COc1cc(C(=O)N(C)CC(=O)N2CC[NH+](CC(=O)NC(C)(C)C)CC2)ccc1C. The molecule has 1 aliphatic heterocycles. The van der Waals surface area contributed by atoms with Crippen LogP contribution in [0.2, 0.25) is 0 Å². The maximum Gasteiger partial charge on any atom is 0.275 e. The molecule has 0 aromatic heterocycles. The molecule has 1 aromatic carbocycles. The summed E-state index contributed by atoms with van der Waals surface area (Å²) >= 11 is 0. The zero-order valence-corrected chi connectivity index (χ0v) is 19.0. The van der Waals surface area contributed by atoms with Crippen LogP contribution in [0.3, 0.4) is 0 Å². The van der Waals surface area contributed by atoms with E-state index in [0.717, 1.165) is 23.6 Å².